The van der Waals surface area contributed by atoms with Crippen molar-refractivity contribution in [1.29, 1.82) is 0 Å². The second-order valence-corrected chi connectivity index (χ2v) is 12.6. The maximum atomic E-state index is 11.1. The number of hydrogen-bond acceptors (Lipinski definition) is 8. The minimum absolute atomic E-state index is 0. The van der Waals surface area contributed by atoms with Gasteiger partial charge in [-0.3, -0.25) is 9.97 Å². The van der Waals surface area contributed by atoms with Crippen LogP contribution in [0.15, 0.2) is 33.2 Å². The molecule has 33 heavy (non-hydrogen) atoms. The molecule has 2 aromatic heterocycles. The van der Waals surface area contributed by atoms with Crippen molar-refractivity contribution in [2.45, 2.75) is 57.8 Å². The van der Waals surface area contributed by atoms with E-state index in [1.54, 1.807) is 38.1 Å². The number of nitrogens with zero attached hydrogens (tertiary/aromatic N) is 2. The fraction of sp³-hybridized carbons (Fsp3) is 0.474. The van der Waals surface area contributed by atoms with Crippen LogP contribution in [-0.2, 0) is 20.0 Å². The first-order chi connectivity index (χ1) is 14.5. The predicted octanol–water partition coefficient (Wildman–Crippen LogP) is 2.36. The van der Waals surface area contributed by atoms with E-state index in [1.807, 2.05) is 0 Å². The van der Waals surface area contributed by atoms with E-state index in [2.05, 4.69) is 41.8 Å². The number of aromatic nitrogens is 2. The van der Waals surface area contributed by atoms with Gasteiger partial charge in [0.1, 0.15) is 22.7 Å². The van der Waals surface area contributed by atoms with Crippen molar-refractivity contribution in [3.05, 3.63) is 56.0 Å². The molecule has 0 radical (unpaired) electrons. The molecule has 0 aromatic carbocycles. The number of nitrogens with two attached hydrogens (primary N) is 2. The Labute approximate surface area is 212 Å². The largest absolute Gasteiger partial charge is 0.385 e. The highest BCUT2D eigenvalue weighted by Gasteiger charge is 2.28. The van der Waals surface area contributed by atoms with Gasteiger partial charge in [0.25, 0.3) is 0 Å². The first-order valence-corrected chi connectivity index (χ1v) is 13.9. The van der Waals surface area contributed by atoms with Gasteiger partial charge in [-0.2, -0.15) is 0 Å². The normalized spacial score (nSPS) is 15.3. The summed E-state index contributed by atoms with van der Waals surface area (Å²) in [4.78, 5) is 8.18. The van der Waals surface area contributed by atoms with Gasteiger partial charge < -0.3 is 10.2 Å². The van der Waals surface area contributed by atoms with Gasteiger partial charge in [-0.25, -0.2) is 27.1 Å². The average molecular weight is 634 g/mol. The lowest BCUT2D eigenvalue weighted by Gasteiger charge is -2.16. The summed E-state index contributed by atoms with van der Waals surface area (Å²) in [5.74, 6) is 0. The van der Waals surface area contributed by atoms with Crippen molar-refractivity contribution < 1.29 is 27.0 Å². The van der Waals surface area contributed by atoms with Crippen molar-refractivity contribution in [3.8, 4) is 0 Å². The third-order valence-electron chi connectivity index (χ3n) is 4.62. The van der Waals surface area contributed by atoms with Crippen LogP contribution in [0.4, 0.5) is 0 Å². The van der Waals surface area contributed by atoms with Crippen LogP contribution in [0, 0.1) is 13.8 Å². The van der Waals surface area contributed by atoms with E-state index in [4.69, 9.17) is 10.3 Å². The van der Waals surface area contributed by atoms with Gasteiger partial charge in [-0.05, 0) is 83.8 Å². The molecular formula is C19H30Br2N4O6S2. The van der Waals surface area contributed by atoms with Gasteiger partial charge in [0, 0.05) is 8.95 Å². The summed E-state index contributed by atoms with van der Waals surface area (Å²) < 4.78 is 45.9. The highest BCUT2D eigenvalue weighted by atomic mass is 79.9. The van der Waals surface area contributed by atoms with E-state index in [9.17, 15) is 27.0 Å². The molecule has 0 unspecified atom stereocenters. The van der Waals surface area contributed by atoms with Crippen LogP contribution in [0.25, 0.3) is 0 Å². The Bertz CT molecular complexity index is 1070. The van der Waals surface area contributed by atoms with Gasteiger partial charge in [0.15, 0.2) is 0 Å². The first-order valence-electron chi connectivity index (χ1n) is 9.12. The number of primary sulfonamides is 2. The maximum absolute atomic E-state index is 11.1. The molecule has 0 amide bonds. The molecule has 0 saturated heterocycles. The molecule has 0 spiro atoms. The molecule has 6 N–H and O–H groups in total. The highest BCUT2D eigenvalue weighted by molar-refractivity contribution is 9.10. The minimum atomic E-state index is -3.77. The molecule has 0 saturated carbocycles. The quantitative estimate of drug-likeness (QED) is 0.373. The molecule has 0 bridgehead atoms. The molecule has 4 atom stereocenters. The van der Waals surface area contributed by atoms with E-state index in [0.717, 1.165) is 8.95 Å². The average Bonchev–Trinajstić information content (AvgIpc) is 2.69. The minimum Gasteiger partial charge on any atom is -0.385 e. The number of rotatable bonds is 6. The maximum Gasteiger partial charge on any atom is 0.214 e. The van der Waals surface area contributed by atoms with Crippen LogP contribution in [0.3, 0.4) is 0 Å². The molecule has 0 fully saturated rings. The third kappa shape index (κ3) is 9.28. The van der Waals surface area contributed by atoms with Gasteiger partial charge in [-0.15, -0.1) is 0 Å². The Morgan fingerprint density at radius 1 is 0.758 bits per heavy atom. The fourth-order valence-electron chi connectivity index (χ4n) is 2.30. The van der Waals surface area contributed by atoms with Crippen molar-refractivity contribution >= 4 is 51.9 Å². The number of aliphatic hydroxyl groups excluding tert-OH is 2. The number of halogens is 2. The van der Waals surface area contributed by atoms with E-state index in [0.29, 0.717) is 22.8 Å². The zero-order chi connectivity index (χ0) is 25.0. The molecule has 0 aliphatic rings. The fourth-order valence-corrected chi connectivity index (χ4v) is 3.74. The molecule has 188 valence electrons. The molecule has 14 heteroatoms. The summed E-state index contributed by atoms with van der Waals surface area (Å²) in [5.41, 5.74) is 1.95. The lowest BCUT2D eigenvalue weighted by atomic mass is 10.1. The summed E-state index contributed by atoms with van der Waals surface area (Å²) in [5, 5.41) is 27.4. The monoisotopic (exact) mass is 632 g/mol. The van der Waals surface area contributed by atoms with Gasteiger partial charge in [0.2, 0.25) is 20.0 Å². The summed E-state index contributed by atoms with van der Waals surface area (Å²) >= 11 is 6.54. The van der Waals surface area contributed by atoms with Crippen LogP contribution in [0.2, 0.25) is 0 Å². The van der Waals surface area contributed by atoms with Crippen molar-refractivity contribution in [2.75, 3.05) is 0 Å². The number of pyridine rings is 2. The lowest BCUT2D eigenvalue weighted by Crippen LogP contribution is -2.31. The van der Waals surface area contributed by atoms with Gasteiger partial charge in [-0.1, -0.05) is 7.43 Å². The van der Waals surface area contributed by atoms with Crippen molar-refractivity contribution in [2.24, 2.45) is 10.3 Å². The van der Waals surface area contributed by atoms with Crippen molar-refractivity contribution in [1.82, 2.24) is 9.97 Å². The molecule has 2 heterocycles. The van der Waals surface area contributed by atoms with E-state index in [-0.39, 0.29) is 7.43 Å². The highest BCUT2D eigenvalue weighted by Crippen LogP contribution is 2.23. The molecule has 0 aliphatic carbocycles. The third-order valence-corrected chi connectivity index (χ3v) is 8.88. The second kappa shape index (κ2) is 12.6. The Morgan fingerprint density at radius 3 is 1.24 bits per heavy atom. The lowest BCUT2D eigenvalue weighted by molar-refractivity contribution is 0.170. The van der Waals surface area contributed by atoms with Crippen LogP contribution in [0.1, 0.15) is 56.3 Å². The summed E-state index contributed by atoms with van der Waals surface area (Å²) in [7, 11) is -7.55. The topological polar surface area (TPSA) is 187 Å². The summed E-state index contributed by atoms with van der Waals surface area (Å²) in [6, 6.07) is 6.53. The molecule has 10 nitrogen and oxygen atoms in total. The smallest absolute Gasteiger partial charge is 0.214 e. The van der Waals surface area contributed by atoms with E-state index >= 15 is 0 Å². The van der Waals surface area contributed by atoms with Crippen LogP contribution >= 0.6 is 31.9 Å². The van der Waals surface area contributed by atoms with Crippen molar-refractivity contribution in [3.63, 3.8) is 0 Å². The molecule has 0 aliphatic heterocycles. The number of hydrogen-bond donors (Lipinski definition) is 4. The molecular weight excluding hydrogens is 604 g/mol. The first kappa shape index (κ1) is 32.0. The molecule has 2 rings (SSSR count). The number of aliphatic hydroxyl groups is 2. The van der Waals surface area contributed by atoms with E-state index in [1.165, 1.54) is 13.8 Å². The number of aryl methyl sites for hydroxylation is 2. The second-order valence-electron chi connectivity index (χ2n) is 7.08. The molecule has 2 aromatic rings. The van der Waals surface area contributed by atoms with Gasteiger partial charge >= 0.3 is 0 Å². The predicted molar refractivity (Wildman–Crippen MR) is 135 cm³/mol. The summed E-state index contributed by atoms with van der Waals surface area (Å²) in [6.45, 7) is 6.20. The zero-order valence-corrected chi connectivity index (χ0v) is 22.6. The van der Waals surface area contributed by atoms with Crippen LogP contribution in [0.5, 0.6) is 0 Å². The standard InChI is InChI=1S/2C9H13BrN2O3S.CH4/c2*1-5-7(10)3-4-8(12-5)9(13)6(2)16(11,14)15;/h2*3-4,6,9,13H,1-2H3,(H2,11,14,15);1H4/t2*6-,9-;/m10./s1. The summed E-state index contributed by atoms with van der Waals surface area (Å²) in [6.07, 6.45) is -2.44. The SMILES string of the molecule is C.Cc1nc([C@@H](O)[C@H](C)S(N)(=O)=O)ccc1Br.Cc1nc([C@H](O)[C@@H](C)S(N)(=O)=O)ccc1Br. The Hall–Kier alpha value is -1.00. The number of sulfonamides is 2. The van der Waals surface area contributed by atoms with E-state index < -0.39 is 42.8 Å². The van der Waals surface area contributed by atoms with Crippen LogP contribution < -0.4 is 10.3 Å². The zero-order valence-electron chi connectivity index (χ0n) is 17.8. The Balaban J connectivity index is 0.000000602. The van der Waals surface area contributed by atoms with Gasteiger partial charge in [0.05, 0.1) is 22.8 Å². The Morgan fingerprint density at radius 2 is 1.03 bits per heavy atom. The van der Waals surface area contributed by atoms with Crippen LogP contribution in [-0.4, -0.2) is 47.5 Å². The Kier molecular flexibility index (Phi) is 12.2.